The molecule has 3 rings (SSSR count). The summed E-state index contributed by atoms with van der Waals surface area (Å²) in [4.78, 5) is 16.6. The quantitative estimate of drug-likeness (QED) is 0.710. The Hall–Kier alpha value is -2.82. The highest BCUT2D eigenvalue weighted by Crippen LogP contribution is 2.21. The number of amides is 1. The second-order valence-corrected chi connectivity index (χ2v) is 5.02. The Morgan fingerprint density at radius 1 is 1.24 bits per heavy atom. The van der Waals surface area contributed by atoms with Gasteiger partial charge in [-0.15, -0.1) is 0 Å². The predicted molar refractivity (Wildman–Crippen MR) is 80.7 cm³/mol. The third kappa shape index (κ3) is 2.58. The van der Waals surface area contributed by atoms with Crippen molar-refractivity contribution in [2.24, 2.45) is 0 Å². The molecule has 106 valence electrons. The fourth-order valence-electron chi connectivity index (χ4n) is 2.23. The zero-order chi connectivity index (χ0) is 15.0. The van der Waals surface area contributed by atoms with E-state index in [-0.39, 0.29) is 11.7 Å². The van der Waals surface area contributed by atoms with E-state index in [1.807, 2.05) is 30.6 Å². The summed E-state index contributed by atoms with van der Waals surface area (Å²) >= 11 is 0. The third-order valence-electron chi connectivity index (χ3n) is 3.30. The van der Waals surface area contributed by atoms with Crippen molar-refractivity contribution < 1.29 is 9.90 Å². The lowest BCUT2D eigenvalue weighted by Crippen LogP contribution is -2.13. The van der Waals surface area contributed by atoms with E-state index in [9.17, 15) is 9.90 Å². The summed E-state index contributed by atoms with van der Waals surface area (Å²) in [5, 5.41) is 12.2. The zero-order valence-corrected chi connectivity index (χ0v) is 11.8. The predicted octanol–water partition coefficient (Wildman–Crippen LogP) is 2.91. The first kappa shape index (κ1) is 13.2. The minimum atomic E-state index is -0.202. The highest BCUT2D eigenvalue weighted by Gasteiger charge is 2.09. The number of phenols is 1. The summed E-state index contributed by atoms with van der Waals surface area (Å²) in [6, 6.07) is 8.33. The number of rotatable bonds is 2. The first-order valence-corrected chi connectivity index (χ1v) is 6.59. The maximum Gasteiger partial charge on any atom is 0.255 e. The minimum Gasteiger partial charge on any atom is -0.508 e. The lowest BCUT2D eigenvalue weighted by molar-refractivity contribution is 0.102. The van der Waals surface area contributed by atoms with E-state index in [0.717, 1.165) is 16.9 Å². The van der Waals surface area contributed by atoms with Crippen molar-refractivity contribution in [2.75, 3.05) is 5.32 Å². The average Bonchev–Trinajstić information content (AvgIpc) is 2.80. The van der Waals surface area contributed by atoms with Crippen molar-refractivity contribution in [1.29, 1.82) is 0 Å². The van der Waals surface area contributed by atoms with Crippen LogP contribution in [-0.2, 0) is 0 Å². The largest absolute Gasteiger partial charge is 0.508 e. The van der Waals surface area contributed by atoms with Gasteiger partial charge in [-0.05, 0) is 49.7 Å². The van der Waals surface area contributed by atoms with Crippen LogP contribution >= 0.6 is 0 Å². The number of aromatic hydroxyl groups is 1. The highest BCUT2D eigenvalue weighted by molar-refractivity contribution is 6.05. The molecule has 0 unspecified atom stereocenters. The summed E-state index contributed by atoms with van der Waals surface area (Å²) in [6.45, 7) is 3.74. The molecule has 1 aromatic carbocycles. The van der Waals surface area contributed by atoms with Crippen molar-refractivity contribution in [1.82, 2.24) is 9.38 Å². The average molecular weight is 281 g/mol. The van der Waals surface area contributed by atoms with Crippen LogP contribution in [0.3, 0.4) is 0 Å². The second kappa shape index (κ2) is 4.94. The van der Waals surface area contributed by atoms with Gasteiger partial charge in [-0.3, -0.25) is 4.79 Å². The van der Waals surface area contributed by atoms with Gasteiger partial charge in [-0.25, -0.2) is 4.98 Å². The number of aryl methyl sites for hydroxylation is 2. The van der Waals surface area contributed by atoms with Gasteiger partial charge in [0.2, 0.25) is 0 Å². The van der Waals surface area contributed by atoms with Crippen LogP contribution in [0.2, 0.25) is 0 Å². The fourth-order valence-corrected chi connectivity index (χ4v) is 2.23. The number of nitrogens with one attached hydrogen (secondary N) is 1. The first-order valence-electron chi connectivity index (χ1n) is 6.59. The number of benzene rings is 1. The van der Waals surface area contributed by atoms with Gasteiger partial charge < -0.3 is 14.8 Å². The molecule has 2 N–H and O–H groups in total. The van der Waals surface area contributed by atoms with Gasteiger partial charge >= 0.3 is 0 Å². The SMILES string of the molecule is Cc1cn2ccc(C(=O)Nc3ccc(O)cc3C)cc2n1. The molecule has 0 aliphatic carbocycles. The van der Waals surface area contributed by atoms with Gasteiger partial charge in [-0.2, -0.15) is 0 Å². The van der Waals surface area contributed by atoms with E-state index in [4.69, 9.17) is 0 Å². The van der Waals surface area contributed by atoms with Gasteiger partial charge in [0.25, 0.3) is 5.91 Å². The lowest BCUT2D eigenvalue weighted by Gasteiger charge is -2.09. The summed E-state index contributed by atoms with van der Waals surface area (Å²) in [5.41, 5.74) is 3.67. The van der Waals surface area contributed by atoms with Gasteiger partial charge in [0, 0.05) is 23.6 Å². The van der Waals surface area contributed by atoms with Crippen molar-refractivity contribution in [2.45, 2.75) is 13.8 Å². The highest BCUT2D eigenvalue weighted by atomic mass is 16.3. The summed E-state index contributed by atoms with van der Waals surface area (Å²) < 4.78 is 1.87. The Morgan fingerprint density at radius 2 is 2.05 bits per heavy atom. The fraction of sp³-hybridized carbons (Fsp3) is 0.125. The zero-order valence-electron chi connectivity index (χ0n) is 11.8. The van der Waals surface area contributed by atoms with E-state index in [1.165, 1.54) is 0 Å². The monoisotopic (exact) mass is 281 g/mol. The molecule has 5 nitrogen and oxygen atoms in total. The van der Waals surface area contributed by atoms with E-state index >= 15 is 0 Å². The maximum absolute atomic E-state index is 12.3. The van der Waals surface area contributed by atoms with Gasteiger partial charge in [0.15, 0.2) is 0 Å². The van der Waals surface area contributed by atoms with Gasteiger partial charge in [0.1, 0.15) is 11.4 Å². The number of carbonyl (C=O) groups excluding carboxylic acids is 1. The Morgan fingerprint density at radius 3 is 2.81 bits per heavy atom. The Labute approximate surface area is 121 Å². The third-order valence-corrected chi connectivity index (χ3v) is 3.30. The number of fused-ring (bicyclic) bond motifs is 1. The standard InChI is InChI=1S/C16H15N3O2/c1-10-7-13(20)3-4-14(10)18-16(21)12-5-6-19-9-11(2)17-15(19)8-12/h3-9,20H,1-2H3,(H,18,21). The van der Waals surface area contributed by atoms with Crippen molar-refractivity contribution >= 4 is 17.2 Å². The normalized spacial score (nSPS) is 10.8. The van der Waals surface area contributed by atoms with Crippen molar-refractivity contribution in [3.63, 3.8) is 0 Å². The van der Waals surface area contributed by atoms with E-state index in [2.05, 4.69) is 10.3 Å². The van der Waals surface area contributed by atoms with Crippen molar-refractivity contribution in [3.8, 4) is 5.75 Å². The molecule has 0 fully saturated rings. The summed E-state index contributed by atoms with van der Waals surface area (Å²) in [6.07, 6.45) is 3.72. The van der Waals surface area contributed by atoms with E-state index in [1.54, 1.807) is 30.3 Å². The number of hydrogen-bond acceptors (Lipinski definition) is 3. The van der Waals surface area contributed by atoms with E-state index in [0.29, 0.717) is 11.3 Å². The van der Waals surface area contributed by atoms with Crippen LogP contribution in [0, 0.1) is 13.8 Å². The molecule has 0 atom stereocenters. The van der Waals surface area contributed by atoms with Crippen LogP contribution in [0.1, 0.15) is 21.6 Å². The summed E-state index contributed by atoms with van der Waals surface area (Å²) in [7, 11) is 0. The number of anilines is 1. The number of carbonyl (C=O) groups is 1. The molecule has 5 heteroatoms. The number of aromatic nitrogens is 2. The van der Waals surface area contributed by atoms with Gasteiger partial charge in [0.05, 0.1) is 5.69 Å². The molecule has 3 aromatic rings. The molecular weight excluding hydrogens is 266 g/mol. The number of nitrogens with zero attached hydrogens (tertiary/aromatic N) is 2. The van der Waals surface area contributed by atoms with Crippen LogP contribution in [0.25, 0.3) is 5.65 Å². The van der Waals surface area contributed by atoms with Crippen LogP contribution in [-0.4, -0.2) is 20.4 Å². The Bertz CT molecular complexity index is 837. The molecule has 21 heavy (non-hydrogen) atoms. The molecule has 0 aliphatic rings. The molecule has 0 bridgehead atoms. The van der Waals surface area contributed by atoms with E-state index < -0.39 is 0 Å². The molecule has 0 saturated heterocycles. The van der Waals surface area contributed by atoms with Gasteiger partial charge in [-0.1, -0.05) is 0 Å². The number of imidazole rings is 1. The molecule has 0 aliphatic heterocycles. The van der Waals surface area contributed by atoms with Crippen LogP contribution in [0.4, 0.5) is 5.69 Å². The van der Waals surface area contributed by atoms with Crippen LogP contribution in [0.5, 0.6) is 5.75 Å². The maximum atomic E-state index is 12.3. The minimum absolute atomic E-state index is 0.180. The molecule has 0 radical (unpaired) electrons. The molecule has 2 aromatic heterocycles. The molecule has 1 amide bonds. The molecule has 0 spiro atoms. The van der Waals surface area contributed by atoms with Crippen molar-refractivity contribution in [3.05, 3.63) is 59.5 Å². The smallest absolute Gasteiger partial charge is 0.255 e. The molecule has 0 saturated carbocycles. The lowest BCUT2D eigenvalue weighted by atomic mass is 10.1. The Kier molecular flexibility index (Phi) is 3.10. The molecular formula is C16H15N3O2. The number of phenolic OH excluding ortho intramolecular Hbond substituents is 1. The topological polar surface area (TPSA) is 66.6 Å². The summed E-state index contributed by atoms with van der Waals surface area (Å²) in [5.74, 6) is -0.0216. The second-order valence-electron chi connectivity index (χ2n) is 5.02. The van der Waals surface area contributed by atoms with Crippen LogP contribution < -0.4 is 5.32 Å². The first-order chi connectivity index (χ1) is 10.0. The van der Waals surface area contributed by atoms with Crippen LogP contribution in [0.15, 0.2) is 42.7 Å². The molecule has 2 heterocycles. The number of hydrogen-bond donors (Lipinski definition) is 2. The number of pyridine rings is 1. The Balaban J connectivity index is 1.89.